The van der Waals surface area contributed by atoms with E-state index in [1.165, 1.54) is 18.6 Å². The van der Waals surface area contributed by atoms with Gasteiger partial charge in [-0.15, -0.1) is 0 Å². The number of hydrogen-bond acceptors (Lipinski definition) is 3. The van der Waals surface area contributed by atoms with Crippen LogP contribution in [-0.2, 0) is 4.79 Å². The Morgan fingerprint density at radius 2 is 1.79 bits per heavy atom. The van der Waals surface area contributed by atoms with E-state index >= 15 is 0 Å². The summed E-state index contributed by atoms with van der Waals surface area (Å²) in [7, 11) is 0. The maximum atomic E-state index is 13.3. The highest BCUT2D eigenvalue weighted by Crippen LogP contribution is 2.24. The number of nitrogens with one attached hydrogen (secondary N) is 1. The second kappa shape index (κ2) is 8.82. The molecule has 1 heterocycles. The van der Waals surface area contributed by atoms with Crippen molar-refractivity contribution in [3.05, 3.63) is 72.2 Å². The molecule has 0 bridgehead atoms. The SMILES string of the molecule is O=C(NN=Cc1cn(-c2ccccc2)nc1-c1ccc(F)cc1)C1CCCCC1. The van der Waals surface area contributed by atoms with Gasteiger partial charge in [-0.25, -0.2) is 14.5 Å². The van der Waals surface area contributed by atoms with E-state index in [-0.39, 0.29) is 17.6 Å². The predicted octanol–water partition coefficient (Wildman–Crippen LogP) is 4.71. The maximum Gasteiger partial charge on any atom is 0.243 e. The third kappa shape index (κ3) is 4.59. The summed E-state index contributed by atoms with van der Waals surface area (Å²) < 4.78 is 15.1. The van der Waals surface area contributed by atoms with Gasteiger partial charge in [0.2, 0.25) is 5.91 Å². The molecule has 1 amide bonds. The van der Waals surface area contributed by atoms with Gasteiger partial charge >= 0.3 is 0 Å². The number of rotatable bonds is 5. The molecule has 1 fully saturated rings. The van der Waals surface area contributed by atoms with E-state index < -0.39 is 0 Å². The molecular formula is C23H23FN4O. The molecule has 5 nitrogen and oxygen atoms in total. The van der Waals surface area contributed by atoms with Crippen LogP contribution in [0.1, 0.15) is 37.7 Å². The molecule has 2 aromatic carbocycles. The first-order valence-electron chi connectivity index (χ1n) is 9.94. The molecule has 0 unspecified atom stereocenters. The normalized spacial score (nSPS) is 14.9. The molecule has 1 saturated carbocycles. The average molecular weight is 390 g/mol. The summed E-state index contributed by atoms with van der Waals surface area (Å²) in [6, 6.07) is 15.9. The highest BCUT2D eigenvalue weighted by atomic mass is 19.1. The van der Waals surface area contributed by atoms with Gasteiger partial charge in [-0.2, -0.15) is 10.2 Å². The van der Waals surface area contributed by atoms with Gasteiger partial charge in [0.25, 0.3) is 0 Å². The molecule has 3 aromatic rings. The van der Waals surface area contributed by atoms with Crippen LogP contribution in [-0.4, -0.2) is 21.9 Å². The van der Waals surface area contributed by atoms with Crippen molar-refractivity contribution in [2.24, 2.45) is 11.0 Å². The number of hydrogen-bond donors (Lipinski definition) is 1. The molecule has 0 atom stereocenters. The largest absolute Gasteiger partial charge is 0.273 e. The lowest BCUT2D eigenvalue weighted by Gasteiger charge is -2.19. The lowest BCUT2D eigenvalue weighted by atomic mass is 9.89. The molecule has 0 saturated heterocycles. The van der Waals surface area contributed by atoms with Gasteiger partial charge in [0.1, 0.15) is 11.5 Å². The molecule has 1 aliphatic rings. The van der Waals surface area contributed by atoms with Crippen LogP contribution in [0.3, 0.4) is 0 Å². The Morgan fingerprint density at radius 3 is 2.52 bits per heavy atom. The Morgan fingerprint density at radius 1 is 1.07 bits per heavy atom. The van der Waals surface area contributed by atoms with Crippen molar-refractivity contribution in [1.29, 1.82) is 0 Å². The van der Waals surface area contributed by atoms with Gasteiger partial charge in [0.15, 0.2) is 0 Å². The van der Waals surface area contributed by atoms with E-state index in [0.717, 1.165) is 42.5 Å². The molecular weight excluding hydrogens is 367 g/mol. The van der Waals surface area contributed by atoms with Gasteiger partial charge in [0.05, 0.1) is 11.9 Å². The number of carbonyl (C=O) groups is 1. The highest BCUT2D eigenvalue weighted by Gasteiger charge is 2.20. The van der Waals surface area contributed by atoms with Crippen molar-refractivity contribution in [2.45, 2.75) is 32.1 Å². The van der Waals surface area contributed by atoms with Crippen molar-refractivity contribution < 1.29 is 9.18 Å². The molecule has 1 N–H and O–H groups in total. The van der Waals surface area contributed by atoms with E-state index in [9.17, 15) is 9.18 Å². The van der Waals surface area contributed by atoms with Crippen LogP contribution in [0.25, 0.3) is 16.9 Å². The number of nitrogens with zero attached hydrogens (tertiary/aromatic N) is 3. The zero-order valence-corrected chi connectivity index (χ0v) is 16.1. The van der Waals surface area contributed by atoms with Crippen molar-refractivity contribution in [3.8, 4) is 16.9 Å². The van der Waals surface area contributed by atoms with Gasteiger partial charge < -0.3 is 0 Å². The Labute approximate surface area is 169 Å². The van der Waals surface area contributed by atoms with E-state index in [1.54, 1.807) is 23.0 Å². The molecule has 1 aliphatic carbocycles. The monoisotopic (exact) mass is 390 g/mol. The molecule has 29 heavy (non-hydrogen) atoms. The number of hydrazone groups is 1. The lowest BCUT2D eigenvalue weighted by molar-refractivity contribution is -0.125. The van der Waals surface area contributed by atoms with Gasteiger partial charge in [-0.05, 0) is 49.2 Å². The highest BCUT2D eigenvalue weighted by molar-refractivity contribution is 5.89. The van der Waals surface area contributed by atoms with Crippen molar-refractivity contribution in [1.82, 2.24) is 15.2 Å². The first-order valence-corrected chi connectivity index (χ1v) is 9.94. The molecule has 0 spiro atoms. The topological polar surface area (TPSA) is 59.3 Å². The first-order chi connectivity index (χ1) is 14.2. The van der Waals surface area contributed by atoms with E-state index in [0.29, 0.717) is 5.69 Å². The first kappa shape index (κ1) is 19.1. The third-order valence-electron chi connectivity index (χ3n) is 5.24. The Bertz CT molecular complexity index is 989. The van der Waals surface area contributed by atoms with Crippen molar-refractivity contribution in [3.63, 3.8) is 0 Å². The van der Waals surface area contributed by atoms with Crippen LogP contribution in [0.2, 0.25) is 0 Å². The van der Waals surface area contributed by atoms with E-state index in [4.69, 9.17) is 0 Å². The number of carbonyl (C=O) groups excluding carboxylic acids is 1. The fourth-order valence-electron chi connectivity index (χ4n) is 3.65. The molecule has 0 radical (unpaired) electrons. The van der Waals surface area contributed by atoms with Crippen molar-refractivity contribution in [2.75, 3.05) is 0 Å². The van der Waals surface area contributed by atoms with Crippen LogP contribution >= 0.6 is 0 Å². The van der Waals surface area contributed by atoms with Gasteiger partial charge in [0, 0.05) is 23.2 Å². The maximum absolute atomic E-state index is 13.3. The number of amides is 1. The Hall–Kier alpha value is -3.28. The minimum absolute atomic E-state index is 0.0280. The zero-order chi connectivity index (χ0) is 20.1. The van der Waals surface area contributed by atoms with Crippen molar-refractivity contribution >= 4 is 12.1 Å². The fourth-order valence-corrected chi connectivity index (χ4v) is 3.65. The quantitative estimate of drug-likeness (QED) is 0.507. The summed E-state index contributed by atoms with van der Waals surface area (Å²) in [5.41, 5.74) is 5.77. The van der Waals surface area contributed by atoms with Gasteiger partial charge in [-0.3, -0.25) is 4.79 Å². The smallest absolute Gasteiger partial charge is 0.243 e. The molecule has 6 heteroatoms. The van der Waals surface area contributed by atoms with E-state index in [2.05, 4.69) is 15.6 Å². The fraction of sp³-hybridized carbons (Fsp3) is 0.261. The predicted molar refractivity (Wildman–Crippen MR) is 111 cm³/mol. The summed E-state index contributed by atoms with van der Waals surface area (Å²) >= 11 is 0. The number of benzene rings is 2. The molecule has 148 valence electrons. The third-order valence-corrected chi connectivity index (χ3v) is 5.24. The van der Waals surface area contributed by atoms with Crippen LogP contribution in [0.15, 0.2) is 65.9 Å². The second-order valence-corrected chi connectivity index (χ2v) is 7.29. The van der Waals surface area contributed by atoms with Crippen LogP contribution < -0.4 is 5.43 Å². The standard InChI is InChI=1S/C23H23FN4O/c24-20-13-11-17(12-14-20)22-19(16-28(27-22)21-9-5-2-6-10-21)15-25-26-23(29)18-7-3-1-4-8-18/h2,5-6,9-16,18H,1,3-4,7-8H2,(H,26,29). The summed E-state index contributed by atoms with van der Waals surface area (Å²) in [5, 5.41) is 8.83. The summed E-state index contributed by atoms with van der Waals surface area (Å²) in [4.78, 5) is 12.3. The summed E-state index contributed by atoms with van der Waals surface area (Å²) in [6.45, 7) is 0. The zero-order valence-electron chi connectivity index (χ0n) is 16.1. The minimum atomic E-state index is -0.300. The summed E-state index contributed by atoms with van der Waals surface area (Å²) in [6.07, 6.45) is 8.70. The number of halogens is 1. The van der Waals surface area contributed by atoms with Crippen LogP contribution in [0.4, 0.5) is 4.39 Å². The average Bonchev–Trinajstić information content (AvgIpc) is 3.19. The molecule has 4 rings (SSSR count). The number of aromatic nitrogens is 2. The second-order valence-electron chi connectivity index (χ2n) is 7.29. The van der Waals surface area contributed by atoms with Crippen LogP contribution in [0, 0.1) is 11.7 Å². The summed E-state index contributed by atoms with van der Waals surface area (Å²) in [5.74, 6) is -0.282. The molecule has 0 aliphatic heterocycles. The van der Waals surface area contributed by atoms with E-state index in [1.807, 2.05) is 36.5 Å². The Kier molecular flexibility index (Phi) is 5.79. The van der Waals surface area contributed by atoms with Crippen LogP contribution in [0.5, 0.6) is 0 Å². The Balaban J connectivity index is 1.59. The minimum Gasteiger partial charge on any atom is -0.273 e. The number of para-hydroxylation sites is 1. The lowest BCUT2D eigenvalue weighted by Crippen LogP contribution is -2.28. The van der Waals surface area contributed by atoms with Gasteiger partial charge in [-0.1, -0.05) is 37.5 Å². The molecule has 1 aromatic heterocycles.